The van der Waals surface area contributed by atoms with E-state index in [1.807, 2.05) is 25.3 Å². The van der Waals surface area contributed by atoms with Crippen molar-refractivity contribution in [1.29, 1.82) is 0 Å². The van der Waals surface area contributed by atoms with Crippen LogP contribution in [0.2, 0.25) is 0 Å². The highest BCUT2D eigenvalue weighted by Crippen LogP contribution is 1.93. The van der Waals surface area contributed by atoms with Crippen molar-refractivity contribution in [3.63, 3.8) is 0 Å². The highest BCUT2D eigenvalue weighted by atomic mass is 16.2. The number of hydrogen-bond acceptors (Lipinski definition) is 2. The number of carbonyl (C=O) groups is 1. The fourth-order valence-corrected chi connectivity index (χ4v) is 1.33. The van der Waals surface area contributed by atoms with Crippen molar-refractivity contribution in [3.05, 3.63) is 60.2 Å². The first kappa shape index (κ1) is 10.3. The number of nitrogens with one attached hydrogen (secondary N) is 1. The van der Waals surface area contributed by atoms with Gasteiger partial charge in [0.05, 0.1) is 0 Å². The van der Waals surface area contributed by atoms with E-state index in [1.54, 1.807) is 35.3 Å². The van der Waals surface area contributed by atoms with Crippen LogP contribution < -0.4 is 10.1 Å². The van der Waals surface area contributed by atoms with Crippen molar-refractivity contribution in [3.8, 4) is 0 Å². The Balaban J connectivity index is 2.14. The Bertz CT molecular complexity index is 497. The minimum absolute atomic E-state index is 0.226. The second-order valence-corrected chi connectivity index (χ2v) is 3.44. The smallest absolute Gasteiger partial charge is 0.262 e. The standard InChI is InChI=1S/C12H11N3O/c1-10-5-4-8-15(9-10)14-12(16)11-6-2-3-7-13-11/h2-9H,1H3/p+1. The molecule has 0 unspecified atom stereocenters. The summed E-state index contributed by atoms with van der Waals surface area (Å²) in [4.78, 5) is 15.7. The van der Waals surface area contributed by atoms with Gasteiger partial charge in [0.2, 0.25) is 6.20 Å². The minimum Gasteiger partial charge on any atom is -0.262 e. The highest BCUT2D eigenvalue weighted by Gasteiger charge is 2.10. The van der Waals surface area contributed by atoms with Gasteiger partial charge in [0.1, 0.15) is 5.69 Å². The van der Waals surface area contributed by atoms with Crippen molar-refractivity contribution in [2.45, 2.75) is 6.92 Å². The molecule has 2 aromatic rings. The number of pyridine rings is 2. The number of rotatable bonds is 2. The Kier molecular flexibility index (Phi) is 2.91. The van der Waals surface area contributed by atoms with Crippen LogP contribution in [0.4, 0.5) is 0 Å². The zero-order valence-corrected chi connectivity index (χ0v) is 8.92. The van der Waals surface area contributed by atoms with Crippen molar-refractivity contribution < 1.29 is 9.47 Å². The Morgan fingerprint density at radius 3 is 2.88 bits per heavy atom. The van der Waals surface area contributed by atoms with Crippen LogP contribution in [0.1, 0.15) is 16.1 Å². The molecule has 0 saturated heterocycles. The number of hydrogen-bond donors (Lipinski definition) is 1. The molecule has 1 N–H and O–H groups in total. The molecule has 0 saturated carbocycles. The molecule has 4 nitrogen and oxygen atoms in total. The summed E-state index contributed by atoms with van der Waals surface area (Å²) in [5.74, 6) is -0.226. The summed E-state index contributed by atoms with van der Waals surface area (Å²) in [5, 5.41) is 0. The van der Waals surface area contributed by atoms with E-state index >= 15 is 0 Å². The fraction of sp³-hybridized carbons (Fsp3) is 0.0833. The van der Waals surface area contributed by atoms with Crippen molar-refractivity contribution in [2.75, 3.05) is 5.43 Å². The van der Waals surface area contributed by atoms with Crippen LogP contribution in [-0.4, -0.2) is 10.9 Å². The van der Waals surface area contributed by atoms with Gasteiger partial charge in [-0.05, 0) is 25.1 Å². The minimum atomic E-state index is -0.226. The molecule has 4 heteroatoms. The monoisotopic (exact) mass is 214 g/mol. The number of carbonyl (C=O) groups excluding carboxylic acids is 1. The Labute approximate surface area is 93.5 Å². The molecular weight excluding hydrogens is 202 g/mol. The molecule has 0 aliphatic heterocycles. The van der Waals surface area contributed by atoms with Crippen LogP contribution in [0.5, 0.6) is 0 Å². The van der Waals surface area contributed by atoms with E-state index in [2.05, 4.69) is 10.4 Å². The van der Waals surface area contributed by atoms with Crippen LogP contribution in [0, 0.1) is 6.92 Å². The van der Waals surface area contributed by atoms with E-state index in [0.717, 1.165) is 5.56 Å². The predicted octanol–water partition coefficient (Wildman–Crippen LogP) is 1.06. The molecule has 0 atom stereocenters. The highest BCUT2D eigenvalue weighted by molar-refractivity contribution is 5.96. The zero-order chi connectivity index (χ0) is 11.4. The van der Waals surface area contributed by atoms with Crippen molar-refractivity contribution in [2.24, 2.45) is 0 Å². The second-order valence-electron chi connectivity index (χ2n) is 3.44. The largest absolute Gasteiger partial charge is 0.323 e. The molecule has 0 fully saturated rings. The summed E-state index contributed by atoms with van der Waals surface area (Å²) in [6.07, 6.45) is 5.20. The third-order valence-electron chi connectivity index (χ3n) is 2.08. The molecule has 2 aromatic heterocycles. The van der Waals surface area contributed by atoms with E-state index < -0.39 is 0 Å². The summed E-state index contributed by atoms with van der Waals surface area (Å²) in [6, 6.07) is 9.06. The lowest BCUT2D eigenvalue weighted by Crippen LogP contribution is -2.48. The van der Waals surface area contributed by atoms with Crippen LogP contribution >= 0.6 is 0 Å². The van der Waals surface area contributed by atoms with Gasteiger partial charge in [-0.15, -0.1) is 5.43 Å². The molecule has 0 aromatic carbocycles. The molecule has 2 rings (SSSR count). The van der Waals surface area contributed by atoms with Gasteiger partial charge < -0.3 is 0 Å². The van der Waals surface area contributed by atoms with E-state index in [4.69, 9.17) is 0 Å². The van der Waals surface area contributed by atoms with Crippen LogP contribution in [0.3, 0.4) is 0 Å². The third kappa shape index (κ3) is 2.42. The average molecular weight is 214 g/mol. The molecule has 80 valence electrons. The van der Waals surface area contributed by atoms with E-state index in [0.29, 0.717) is 5.69 Å². The maximum absolute atomic E-state index is 11.7. The fourth-order valence-electron chi connectivity index (χ4n) is 1.33. The van der Waals surface area contributed by atoms with Gasteiger partial charge in [-0.25, -0.2) is 0 Å². The lowest BCUT2D eigenvalue weighted by Gasteiger charge is -1.98. The first-order valence-corrected chi connectivity index (χ1v) is 4.96. The number of amides is 1. The number of nitrogens with zero attached hydrogens (tertiary/aromatic N) is 2. The molecule has 0 aliphatic carbocycles. The van der Waals surface area contributed by atoms with Crippen molar-refractivity contribution in [1.82, 2.24) is 4.98 Å². The second kappa shape index (κ2) is 4.53. The van der Waals surface area contributed by atoms with E-state index in [1.165, 1.54) is 0 Å². The normalized spacial score (nSPS) is 9.81. The summed E-state index contributed by atoms with van der Waals surface area (Å²) in [6.45, 7) is 1.96. The van der Waals surface area contributed by atoms with Gasteiger partial charge >= 0.3 is 5.91 Å². The predicted molar refractivity (Wildman–Crippen MR) is 59.3 cm³/mol. The Morgan fingerprint density at radius 2 is 2.19 bits per heavy atom. The topological polar surface area (TPSA) is 45.9 Å². The van der Waals surface area contributed by atoms with Crippen LogP contribution in [-0.2, 0) is 0 Å². The molecule has 0 spiro atoms. The summed E-state index contributed by atoms with van der Waals surface area (Å²) >= 11 is 0. The van der Waals surface area contributed by atoms with Crippen LogP contribution in [0.25, 0.3) is 0 Å². The number of aromatic nitrogens is 2. The lowest BCUT2D eigenvalue weighted by atomic mass is 10.3. The quantitative estimate of drug-likeness (QED) is 0.760. The van der Waals surface area contributed by atoms with E-state index in [-0.39, 0.29) is 5.91 Å². The Morgan fingerprint density at radius 1 is 1.31 bits per heavy atom. The van der Waals surface area contributed by atoms with Gasteiger partial charge in [0, 0.05) is 17.8 Å². The SMILES string of the molecule is Cc1ccc[n+](NC(=O)c2ccccn2)c1. The maximum atomic E-state index is 11.7. The summed E-state index contributed by atoms with van der Waals surface area (Å²) in [7, 11) is 0. The van der Waals surface area contributed by atoms with Crippen LogP contribution in [0.15, 0.2) is 48.9 Å². The Hall–Kier alpha value is -2.23. The molecule has 2 heterocycles. The summed E-state index contributed by atoms with van der Waals surface area (Å²) < 4.78 is 1.62. The zero-order valence-electron chi connectivity index (χ0n) is 8.92. The molecule has 0 aliphatic rings. The number of aryl methyl sites for hydroxylation is 1. The van der Waals surface area contributed by atoms with Gasteiger partial charge in [-0.1, -0.05) is 10.7 Å². The summed E-state index contributed by atoms with van der Waals surface area (Å²) in [5.41, 5.74) is 4.19. The first-order chi connectivity index (χ1) is 7.75. The van der Waals surface area contributed by atoms with Gasteiger partial charge in [0.15, 0.2) is 6.20 Å². The van der Waals surface area contributed by atoms with Crippen molar-refractivity contribution >= 4 is 5.91 Å². The average Bonchev–Trinajstić information content (AvgIpc) is 2.30. The first-order valence-electron chi connectivity index (χ1n) is 4.96. The molecule has 0 bridgehead atoms. The molecule has 1 amide bonds. The van der Waals surface area contributed by atoms with Gasteiger partial charge in [0.25, 0.3) is 0 Å². The third-order valence-corrected chi connectivity index (χ3v) is 2.08. The van der Waals surface area contributed by atoms with E-state index in [9.17, 15) is 4.79 Å². The molecule has 16 heavy (non-hydrogen) atoms. The lowest BCUT2D eigenvalue weighted by molar-refractivity contribution is -0.641. The molecule has 0 radical (unpaired) electrons. The maximum Gasteiger partial charge on any atom is 0.323 e. The van der Waals surface area contributed by atoms with Gasteiger partial charge in [-0.2, -0.15) is 0 Å². The van der Waals surface area contributed by atoms with Gasteiger partial charge in [-0.3, -0.25) is 9.78 Å². The molecular formula is C12H12N3O+.